The quantitative estimate of drug-likeness (QED) is 0.840. The molecule has 1 aromatic heterocycles. The number of aromatic nitrogens is 1. The third kappa shape index (κ3) is 2.73. The fraction of sp³-hybridized carbons (Fsp3) is 0.471. The molecule has 102 valence electrons. The van der Waals surface area contributed by atoms with Crippen molar-refractivity contribution >= 4 is 16.7 Å². The highest BCUT2D eigenvalue weighted by molar-refractivity contribution is 5.85. The predicted octanol–water partition coefficient (Wildman–Crippen LogP) is 4.91. The van der Waals surface area contributed by atoms with Crippen LogP contribution in [0.15, 0.2) is 24.3 Å². The molecule has 0 fully saturated rings. The van der Waals surface area contributed by atoms with Crippen LogP contribution in [0.25, 0.3) is 10.9 Å². The lowest BCUT2D eigenvalue weighted by Gasteiger charge is -2.16. The van der Waals surface area contributed by atoms with Gasteiger partial charge < -0.3 is 5.32 Å². The Morgan fingerprint density at radius 3 is 2.32 bits per heavy atom. The Morgan fingerprint density at radius 2 is 1.74 bits per heavy atom. The first-order chi connectivity index (χ1) is 9.04. The van der Waals surface area contributed by atoms with E-state index in [4.69, 9.17) is 4.98 Å². The molecule has 2 nitrogen and oxygen atoms in total. The molecule has 19 heavy (non-hydrogen) atoms. The maximum Gasteiger partial charge on any atom is 0.130 e. The molecule has 0 radical (unpaired) electrons. The average Bonchev–Trinajstić information content (AvgIpc) is 2.37. The van der Waals surface area contributed by atoms with Crippen LogP contribution in [0.3, 0.4) is 0 Å². The lowest BCUT2D eigenvalue weighted by Crippen LogP contribution is -2.06. The molecule has 0 bridgehead atoms. The van der Waals surface area contributed by atoms with Crippen molar-refractivity contribution in [2.45, 2.75) is 46.5 Å². The second kappa shape index (κ2) is 5.60. The van der Waals surface area contributed by atoms with E-state index >= 15 is 0 Å². The molecule has 0 amide bonds. The van der Waals surface area contributed by atoms with Crippen molar-refractivity contribution in [1.82, 2.24) is 4.98 Å². The number of nitrogens with one attached hydrogen (secondary N) is 1. The van der Waals surface area contributed by atoms with Crippen LogP contribution in [-0.4, -0.2) is 11.5 Å². The summed E-state index contributed by atoms with van der Waals surface area (Å²) in [6.07, 6.45) is 0. The molecule has 1 N–H and O–H groups in total. The normalized spacial score (nSPS) is 11.5. The maximum atomic E-state index is 4.90. The van der Waals surface area contributed by atoms with E-state index in [-0.39, 0.29) is 0 Å². The lowest BCUT2D eigenvalue weighted by molar-refractivity contribution is 0.856. The zero-order chi connectivity index (χ0) is 14.0. The first kappa shape index (κ1) is 13.9. The molecule has 1 aromatic carbocycles. The van der Waals surface area contributed by atoms with E-state index in [0.29, 0.717) is 11.8 Å². The number of hydrogen-bond donors (Lipinski definition) is 1. The second-order valence-corrected chi connectivity index (χ2v) is 5.68. The maximum absolute atomic E-state index is 4.90. The van der Waals surface area contributed by atoms with E-state index in [2.05, 4.69) is 64.2 Å². The highest BCUT2D eigenvalue weighted by Crippen LogP contribution is 2.30. The number of para-hydroxylation sites is 1. The van der Waals surface area contributed by atoms with Crippen LogP contribution in [0.5, 0.6) is 0 Å². The highest BCUT2D eigenvalue weighted by Gasteiger charge is 2.12. The van der Waals surface area contributed by atoms with Crippen LogP contribution in [0.4, 0.5) is 5.82 Å². The van der Waals surface area contributed by atoms with Gasteiger partial charge in [0.15, 0.2) is 0 Å². The number of benzene rings is 1. The van der Waals surface area contributed by atoms with Crippen LogP contribution in [0.2, 0.25) is 0 Å². The molecule has 0 aliphatic heterocycles. The molecule has 0 unspecified atom stereocenters. The summed E-state index contributed by atoms with van der Waals surface area (Å²) in [5, 5.41) is 4.65. The first-order valence-electron chi connectivity index (χ1n) is 7.22. The van der Waals surface area contributed by atoms with Crippen LogP contribution in [0, 0.1) is 0 Å². The summed E-state index contributed by atoms with van der Waals surface area (Å²) in [7, 11) is 0. The van der Waals surface area contributed by atoms with Gasteiger partial charge in [0.1, 0.15) is 5.82 Å². The minimum absolute atomic E-state index is 0.480. The number of fused-ring (bicyclic) bond motifs is 1. The second-order valence-electron chi connectivity index (χ2n) is 5.68. The van der Waals surface area contributed by atoms with Gasteiger partial charge in [0.2, 0.25) is 0 Å². The van der Waals surface area contributed by atoms with Crippen molar-refractivity contribution < 1.29 is 0 Å². The van der Waals surface area contributed by atoms with Gasteiger partial charge in [-0.05, 0) is 36.0 Å². The minimum atomic E-state index is 0.480. The van der Waals surface area contributed by atoms with Crippen LogP contribution in [-0.2, 0) is 0 Å². The summed E-state index contributed by atoms with van der Waals surface area (Å²) < 4.78 is 0. The van der Waals surface area contributed by atoms with Gasteiger partial charge in [-0.1, -0.05) is 45.9 Å². The van der Waals surface area contributed by atoms with Gasteiger partial charge in [-0.3, -0.25) is 0 Å². The van der Waals surface area contributed by atoms with E-state index < -0.39 is 0 Å². The third-order valence-corrected chi connectivity index (χ3v) is 3.49. The molecule has 0 spiro atoms. The van der Waals surface area contributed by atoms with Crippen molar-refractivity contribution in [2.75, 3.05) is 11.9 Å². The van der Waals surface area contributed by atoms with E-state index in [1.165, 1.54) is 16.5 Å². The van der Waals surface area contributed by atoms with Gasteiger partial charge >= 0.3 is 0 Å². The minimum Gasteiger partial charge on any atom is -0.370 e. The number of rotatable bonds is 4. The molecular weight excluding hydrogens is 232 g/mol. The fourth-order valence-electron chi connectivity index (χ4n) is 2.45. The summed E-state index contributed by atoms with van der Waals surface area (Å²) >= 11 is 0. The van der Waals surface area contributed by atoms with Gasteiger partial charge in [0, 0.05) is 11.9 Å². The van der Waals surface area contributed by atoms with Gasteiger partial charge in [-0.25, -0.2) is 4.98 Å². The van der Waals surface area contributed by atoms with Gasteiger partial charge in [0.25, 0.3) is 0 Å². The Labute approximate surface area is 116 Å². The monoisotopic (exact) mass is 256 g/mol. The fourth-order valence-corrected chi connectivity index (χ4v) is 2.45. The summed E-state index contributed by atoms with van der Waals surface area (Å²) in [5.41, 5.74) is 3.76. The molecule has 0 saturated heterocycles. The van der Waals surface area contributed by atoms with E-state index in [1.807, 2.05) is 0 Å². The molecule has 0 atom stereocenters. The molecule has 2 heteroatoms. The van der Waals surface area contributed by atoms with Crippen LogP contribution in [0.1, 0.15) is 57.6 Å². The van der Waals surface area contributed by atoms with Crippen molar-refractivity contribution in [1.29, 1.82) is 0 Å². The van der Waals surface area contributed by atoms with Crippen LogP contribution < -0.4 is 5.32 Å². The predicted molar refractivity (Wildman–Crippen MR) is 84.1 cm³/mol. The van der Waals surface area contributed by atoms with E-state index in [0.717, 1.165) is 17.9 Å². The van der Waals surface area contributed by atoms with Crippen molar-refractivity contribution in [3.05, 3.63) is 35.4 Å². The Bertz CT molecular complexity index is 571. The highest BCUT2D eigenvalue weighted by atomic mass is 15.0. The molecule has 2 rings (SSSR count). The summed E-state index contributed by atoms with van der Waals surface area (Å²) in [4.78, 5) is 4.90. The molecule has 1 heterocycles. The average molecular weight is 256 g/mol. The first-order valence-corrected chi connectivity index (χ1v) is 7.22. The zero-order valence-electron chi connectivity index (χ0n) is 12.6. The van der Waals surface area contributed by atoms with Crippen molar-refractivity contribution in [2.24, 2.45) is 0 Å². The van der Waals surface area contributed by atoms with Gasteiger partial charge in [-0.15, -0.1) is 0 Å². The Morgan fingerprint density at radius 1 is 1.05 bits per heavy atom. The van der Waals surface area contributed by atoms with Gasteiger partial charge in [-0.2, -0.15) is 0 Å². The topological polar surface area (TPSA) is 24.9 Å². The molecule has 2 aromatic rings. The van der Waals surface area contributed by atoms with Crippen molar-refractivity contribution in [3.8, 4) is 0 Å². The Balaban J connectivity index is 2.70. The van der Waals surface area contributed by atoms with E-state index in [1.54, 1.807) is 0 Å². The van der Waals surface area contributed by atoms with Crippen LogP contribution >= 0.6 is 0 Å². The molecule has 0 saturated carbocycles. The lowest BCUT2D eigenvalue weighted by atomic mass is 9.96. The smallest absolute Gasteiger partial charge is 0.130 e. The Kier molecular flexibility index (Phi) is 4.08. The largest absolute Gasteiger partial charge is 0.370 e. The third-order valence-electron chi connectivity index (χ3n) is 3.49. The summed E-state index contributed by atoms with van der Waals surface area (Å²) in [5.74, 6) is 2.02. The van der Waals surface area contributed by atoms with Crippen molar-refractivity contribution in [3.63, 3.8) is 0 Å². The van der Waals surface area contributed by atoms with Gasteiger partial charge in [0.05, 0.1) is 5.52 Å². The summed E-state index contributed by atoms with van der Waals surface area (Å²) in [6.45, 7) is 11.9. The zero-order valence-corrected chi connectivity index (χ0v) is 12.6. The summed E-state index contributed by atoms with van der Waals surface area (Å²) in [6, 6.07) is 8.77. The molecule has 0 aliphatic carbocycles. The number of hydrogen-bond acceptors (Lipinski definition) is 2. The SMILES string of the molecule is CCNc1nc2c(C(C)C)cccc2cc1C(C)C. The number of anilines is 1. The van der Waals surface area contributed by atoms with E-state index in [9.17, 15) is 0 Å². The Hall–Kier alpha value is -1.57. The number of pyridine rings is 1. The molecular formula is C17H24N2. The standard InChI is InChI=1S/C17H24N2/c1-6-18-17-15(12(4)5)10-13-8-7-9-14(11(2)3)16(13)19-17/h7-12H,6H2,1-5H3,(H,18,19). The molecule has 0 aliphatic rings. The number of nitrogens with zero attached hydrogens (tertiary/aromatic N) is 1.